The van der Waals surface area contributed by atoms with Gasteiger partial charge in [-0.1, -0.05) is 5.16 Å². The molecule has 0 fully saturated rings. The van der Waals surface area contributed by atoms with Crippen LogP contribution in [0.2, 0.25) is 0 Å². The molecule has 1 N–H and O–H groups in total. The van der Waals surface area contributed by atoms with Gasteiger partial charge in [0.2, 0.25) is 0 Å². The van der Waals surface area contributed by atoms with E-state index in [1.54, 1.807) is 13.0 Å². The molecule has 0 radical (unpaired) electrons. The maximum absolute atomic E-state index is 10.7. The molecule has 1 aromatic carbocycles. The van der Waals surface area contributed by atoms with E-state index < -0.39 is 11.0 Å². The highest BCUT2D eigenvalue weighted by Crippen LogP contribution is 2.29. The van der Waals surface area contributed by atoms with E-state index in [-0.39, 0.29) is 12.3 Å². The van der Waals surface area contributed by atoms with Crippen LogP contribution in [0.15, 0.2) is 28.8 Å². The van der Waals surface area contributed by atoms with Crippen LogP contribution in [0.1, 0.15) is 30.0 Å². The van der Waals surface area contributed by atoms with Crippen LogP contribution in [0.25, 0.3) is 0 Å². The van der Waals surface area contributed by atoms with Crippen molar-refractivity contribution in [1.29, 1.82) is 0 Å². The van der Waals surface area contributed by atoms with E-state index in [0.717, 1.165) is 5.69 Å². The van der Waals surface area contributed by atoms with Crippen molar-refractivity contribution in [3.8, 4) is 5.75 Å². The molecule has 7 nitrogen and oxygen atoms in total. The van der Waals surface area contributed by atoms with E-state index in [0.29, 0.717) is 17.1 Å². The van der Waals surface area contributed by atoms with Gasteiger partial charge in [0.05, 0.1) is 16.7 Å². The maximum Gasteiger partial charge on any atom is 0.270 e. The molecular formula is C13H14N2O5. The van der Waals surface area contributed by atoms with Crippen molar-refractivity contribution in [3.05, 3.63) is 51.4 Å². The molecule has 0 saturated carbocycles. The van der Waals surface area contributed by atoms with Crippen molar-refractivity contribution < 1.29 is 19.3 Å². The Hall–Kier alpha value is -2.41. The van der Waals surface area contributed by atoms with Crippen molar-refractivity contribution in [1.82, 2.24) is 5.16 Å². The highest BCUT2D eigenvalue weighted by molar-refractivity contribution is 5.44. The van der Waals surface area contributed by atoms with Gasteiger partial charge in [0.1, 0.15) is 12.4 Å². The third kappa shape index (κ3) is 3.12. The molecule has 7 heteroatoms. The third-order valence-electron chi connectivity index (χ3n) is 2.70. The smallest absolute Gasteiger partial charge is 0.270 e. The Morgan fingerprint density at radius 2 is 2.25 bits per heavy atom. The molecule has 0 amide bonds. The van der Waals surface area contributed by atoms with Crippen molar-refractivity contribution >= 4 is 5.69 Å². The predicted molar refractivity (Wildman–Crippen MR) is 69.3 cm³/mol. The predicted octanol–water partition coefficient (Wildman–Crippen LogP) is 2.52. The second-order valence-corrected chi connectivity index (χ2v) is 4.38. The molecule has 0 aliphatic heterocycles. The highest BCUT2D eigenvalue weighted by Gasteiger charge is 2.16. The summed E-state index contributed by atoms with van der Waals surface area (Å²) in [5, 5.41) is 24.1. The molecule has 0 spiro atoms. The molecule has 2 aromatic rings. The highest BCUT2D eigenvalue weighted by atomic mass is 16.6. The number of nitro benzene ring substituents is 1. The number of nitrogens with zero attached hydrogens (tertiary/aromatic N) is 2. The zero-order chi connectivity index (χ0) is 14.7. The van der Waals surface area contributed by atoms with Gasteiger partial charge >= 0.3 is 0 Å². The quantitative estimate of drug-likeness (QED) is 0.666. The van der Waals surface area contributed by atoms with Crippen LogP contribution in [0, 0.1) is 17.0 Å². The second kappa shape index (κ2) is 5.70. The van der Waals surface area contributed by atoms with Crippen molar-refractivity contribution in [2.45, 2.75) is 26.6 Å². The first kappa shape index (κ1) is 14.0. The Labute approximate surface area is 114 Å². The first-order valence-corrected chi connectivity index (χ1v) is 5.99. The van der Waals surface area contributed by atoms with Crippen LogP contribution in [0.3, 0.4) is 0 Å². The summed E-state index contributed by atoms with van der Waals surface area (Å²) in [4.78, 5) is 10.2. The topological polar surface area (TPSA) is 98.6 Å². The number of aryl methyl sites for hydroxylation is 1. The summed E-state index contributed by atoms with van der Waals surface area (Å²) in [6.07, 6.45) is -0.874. The van der Waals surface area contributed by atoms with Gasteiger partial charge in [-0.05, 0) is 19.9 Å². The number of benzene rings is 1. The molecule has 0 saturated heterocycles. The van der Waals surface area contributed by atoms with Crippen LogP contribution >= 0.6 is 0 Å². The largest absolute Gasteiger partial charge is 0.485 e. The molecule has 0 bridgehead atoms. The molecule has 1 aromatic heterocycles. The Morgan fingerprint density at radius 3 is 2.80 bits per heavy atom. The number of aromatic nitrogens is 1. The summed E-state index contributed by atoms with van der Waals surface area (Å²) >= 11 is 0. The van der Waals surface area contributed by atoms with Crippen LogP contribution in [0.5, 0.6) is 5.75 Å². The summed E-state index contributed by atoms with van der Waals surface area (Å²) in [6.45, 7) is 3.45. The number of ether oxygens (including phenoxy) is 1. The molecule has 106 valence electrons. The van der Waals surface area contributed by atoms with Gasteiger partial charge in [0.15, 0.2) is 5.76 Å². The lowest BCUT2D eigenvalue weighted by molar-refractivity contribution is -0.385. The Kier molecular flexibility index (Phi) is 3.99. The zero-order valence-corrected chi connectivity index (χ0v) is 11.1. The Morgan fingerprint density at radius 1 is 1.50 bits per heavy atom. The van der Waals surface area contributed by atoms with E-state index in [1.807, 2.05) is 0 Å². The number of hydrogen-bond acceptors (Lipinski definition) is 6. The van der Waals surface area contributed by atoms with Gasteiger partial charge in [0.25, 0.3) is 5.69 Å². The van der Waals surface area contributed by atoms with Crippen LogP contribution in [-0.2, 0) is 6.61 Å². The standard InChI is InChI=1S/C13H14N2O5/c1-8-5-11(20-14-8)7-19-13-4-3-10(15(17)18)6-12(13)9(2)16/h3-6,9,16H,7H2,1-2H3/t9-/m1/s1. The molecule has 1 atom stereocenters. The summed E-state index contributed by atoms with van der Waals surface area (Å²) in [6, 6.07) is 5.81. The average Bonchev–Trinajstić information content (AvgIpc) is 2.81. The number of nitro groups is 1. The number of rotatable bonds is 5. The zero-order valence-electron chi connectivity index (χ0n) is 11.1. The van der Waals surface area contributed by atoms with Gasteiger partial charge in [0, 0.05) is 23.8 Å². The van der Waals surface area contributed by atoms with Gasteiger partial charge in [-0.15, -0.1) is 0 Å². The van der Waals surface area contributed by atoms with Crippen LogP contribution in [0.4, 0.5) is 5.69 Å². The minimum atomic E-state index is -0.874. The fraction of sp³-hybridized carbons (Fsp3) is 0.308. The number of aliphatic hydroxyl groups is 1. The average molecular weight is 278 g/mol. The lowest BCUT2D eigenvalue weighted by atomic mass is 10.1. The minimum Gasteiger partial charge on any atom is -0.485 e. The van der Waals surface area contributed by atoms with Gasteiger partial charge in [-0.3, -0.25) is 10.1 Å². The molecule has 20 heavy (non-hydrogen) atoms. The summed E-state index contributed by atoms with van der Waals surface area (Å²) in [7, 11) is 0. The van der Waals surface area contributed by atoms with E-state index >= 15 is 0 Å². The SMILES string of the molecule is Cc1cc(COc2ccc([N+](=O)[O-])cc2[C@@H](C)O)on1. The first-order chi connectivity index (χ1) is 9.47. The Bertz CT molecular complexity index is 621. The van der Waals surface area contributed by atoms with Crippen molar-refractivity contribution in [2.24, 2.45) is 0 Å². The van der Waals surface area contributed by atoms with Crippen molar-refractivity contribution in [3.63, 3.8) is 0 Å². The molecule has 0 aliphatic rings. The van der Waals surface area contributed by atoms with Gasteiger partial charge < -0.3 is 14.4 Å². The number of hydrogen-bond donors (Lipinski definition) is 1. The summed E-state index contributed by atoms with van der Waals surface area (Å²) in [5.74, 6) is 0.914. The van der Waals surface area contributed by atoms with E-state index in [4.69, 9.17) is 9.26 Å². The monoisotopic (exact) mass is 278 g/mol. The fourth-order valence-corrected chi connectivity index (χ4v) is 1.74. The molecule has 0 unspecified atom stereocenters. The first-order valence-electron chi connectivity index (χ1n) is 5.99. The molecule has 1 heterocycles. The van der Waals surface area contributed by atoms with Gasteiger partial charge in [-0.25, -0.2) is 0 Å². The Balaban J connectivity index is 2.20. The lowest BCUT2D eigenvalue weighted by Gasteiger charge is -2.12. The molecular weight excluding hydrogens is 264 g/mol. The third-order valence-corrected chi connectivity index (χ3v) is 2.70. The number of non-ortho nitro benzene ring substituents is 1. The minimum absolute atomic E-state index is 0.0937. The maximum atomic E-state index is 10.7. The van der Waals surface area contributed by atoms with Crippen LogP contribution in [-0.4, -0.2) is 15.2 Å². The van der Waals surface area contributed by atoms with E-state index in [1.165, 1.54) is 25.1 Å². The lowest BCUT2D eigenvalue weighted by Crippen LogP contribution is -2.01. The van der Waals surface area contributed by atoms with E-state index in [2.05, 4.69) is 5.16 Å². The van der Waals surface area contributed by atoms with E-state index in [9.17, 15) is 15.2 Å². The van der Waals surface area contributed by atoms with Crippen LogP contribution < -0.4 is 4.74 Å². The second-order valence-electron chi connectivity index (χ2n) is 4.38. The van der Waals surface area contributed by atoms with Crippen molar-refractivity contribution in [2.75, 3.05) is 0 Å². The molecule has 2 rings (SSSR count). The van der Waals surface area contributed by atoms with Gasteiger partial charge in [-0.2, -0.15) is 0 Å². The summed E-state index contributed by atoms with van der Waals surface area (Å²) in [5.41, 5.74) is 1.00. The summed E-state index contributed by atoms with van der Waals surface area (Å²) < 4.78 is 10.5. The molecule has 0 aliphatic carbocycles. The number of aliphatic hydroxyl groups excluding tert-OH is 1. The fourth-order valence-electron chi connectivity index (χ4n) is 1.74. The normalized spacial score (nSPS) is 12.2.